The normalized spacial score (nSPS) is 12.7. The third kappa shape index (κ3) is 6.46. The van der Waals surface area contributed by atoms with Crippen LogP contribution in [-0.4, -0.2) is 32.1 Å². The molecule has 33 heavy (non-hydrogen) atoms. The number of ether oxygens (including phenoxy) is 1. The smallest absolute Gasteiger partial charge is 0.417 e. The second-order valence-electron chi connectivity index (χ2n) is 6.52. The van der Waals surface area contributed by atoms with Gasteiger partial charge in [0.2, 0.25) is 0 Å². The first-order valence-corrected chi connectivity index (χ1v) is 9.12. The summed E-state index contributed by atoms with van der Waals surface area (Å²) in [7, 11) is 2.37. The van der Waals surface area contributed by atoms with E-state index in [1.54, 1.807) is 19.1 Å². The van der Waals surface area contributed by atoms with Crippen molar-refractivity contribution in [3.63, 3.8) is 0 Å². The van der Waals surface area contributed by atoms with Crippen molar-refractivity contribution in [1.29, 1.82) is 0 Å². The molecule has 6 nitrogen and oxygen atoms in total. The molecule has 0 N–H and O–H groups in total. The van der Waals surface area contributed by atoms with Crippen LogP contribution in [-0.2, 0) is 38.2 Å². The SMILES string of the molecule is CO/N=C(/C(=O)OC)c1cccc(C)c1CO/N=C/c1ccc(C(F)(F)F)cc1C(F)(F)F. The van der Waals surface area contributed by atoms with E-state index < -0.39 is 35.0 Å². The van der Waals surface area contributed by atoms with Gasteiger partial charge in [-0.25, -0.2) is 4.79 Å². The number of halogens is 6. The van der Waals surface area contributed by atoms with Crippen molar-refractivity contribution in [2.75, 3.05) is 14.2 Å². The van der Waals surface area contributed by atoms with Crippen molar-refractivity contribution < 1.29 is 45.5 Å². The number of esters is 1. The van der Waals surface area contributed by atoms with Crippen LogP contribution in [0.5, 0.6) is 0 Å². The van der Waals surface area contributed by atoms with Gasteiger partial charge in [-0.1, -0.05) is 34.6 Å². The van der Waals surface area contributed by atoms with Crippen LogP contribution in [0.25, 0.3) is 0 Å². The Bertz CT molecular complexity index is 1060. The Balaban J connectivity index is 2.32. The lowest BCUT2D eigenvalue weighted by molar-refractivity contribution is -0.143. The van der Waals surface area contributed by atoms with Gasteiger partial charge >= 0.3 is 18.3 Å². The van der Waals surface area contributed by atoms with Crippen molar-refractivity contribution in [2.24, 2.45) is 10.3 Å². The van der Waals surface area contributed by atoms with E-state index in [0.717, 1.165) is 7.11 Å². The zero-order chi connectivity index (χ0) is 24.8. The molecule has 12 heteroatoms. The molecule has 2 aromatic carbocycles. The number of nitrogens with zero attached hydrogens (tertiary/aromatic N) is 2. The highest BCUT2D eigenvalue weighted by molar-refractivity contribution is 6.43. The fraction of sp³-hybridized carbons (Fsp3) is 0.286. The van der Waals surface area contributed by atoms with E-state index in [9.17, 15) is 31.1 Å². The Morgan fingerprint density at radius 2 is 1.73 bits per heavy atom. The maximum Gasteiger partial charge on any atom is 0.417 e. The van der Waals surface area contributed by atoms with E-state index in [2.05, 4.69) is 19.9 Å². The minimum Gasteiger partial charge on any atom is -0.464 e. The van der Waals surface area contributed by atoms with Crippen molar-refractivity contribution >= 4 is 17.9 Å². The van der Waals surface area contributed by atoms with Crippen LogP contribution < -0.4 is 0 Å². The monoisotopic (exact) mass is 476 g/mol. The van der Waals surface area contributed by atoms with Crippen LogP contribution in [0.4, 0.5) is 26.3 Å². The molecule has 0 aliphatic carbocycles. The van der Waals surface area contributed by atoms with Crippen LogP contribution >= 0.6 is 0 Å². The van der Waals surface area contributed by atoms with E-state index in [1.165, 1.54) is 13.2 Å². The molecule has 0 saturated carbocycles. The number of rotatable bonds is 7. The van der Waals surface area contributed by atoms with Crippen LogP contribution in [0, 0.1) is 6.92 Å². The maximum absolute atomic E-state index is 13.2. The zero-order valence-electron chi connectivity index (χ0n) is 17.5. The second kappa shape index (κ2) is 10.4. The Morgan fingerprint density at radius 3 is 2.30 bits per heavy atom. The number of oxime groups is 2. The Kier molecular flexibility index (Phi) is 8.07. The van der Waals surface area contributed by atoms with Crippen LogP contribution in [0.1, 0.15) is 33.4 Å². The lowest BCUT2D eigenvalue weighted by atomic mass is 9.99. The standard InChI is InChI=1S/C21H18F6N2O4/c1-12-5-4-6-15(18(29-32-3)19(30)31-2)16(12)11-33-28-10-13-7-8-14(20(22,23)24)9-17(13)21(25,26)27/h4-10H,11H2,1-3H3/b28-10+,29-18+. The maximum atomic E-state index is 13.2. The van der Waals surface area contributed by atoms with Crippen molar-refractivity contribution in [1.82, 2.24) is 0 Å². The average molecular weight is 476 g/mol. The number of hydrogen-bond donors (Lipinski definition) is 0. The minimum atomic E-state index is -5.04. The lowest BCUT2D eigenvalue weighted by Gasteiger charge is -2.14. The fourth-order valence-electron chi connectivity index (χ4n) is 2.79. The van der Waals surface area contributed by atoms with Crippen molar-refractivity contribution in [3.05, 3.63) is 69.8 Å². The molecule has 0 unspecified atom stereocenters. The summed E-state index contributed by atoms with van der Waals surface area (Å²) in [5, 5.41) is 7.10. The number of methoxy groups -OCH3 is 1. The number of alkyl halides is 6. The molecule has 0 fully saturated rings. The van der Waals surface area contributed by atoms with Gasteiger partial charge in [0, 0.05) is 16.7 Å². The lowest BCUT2D eigenvalue weighted by Crippen LogP contribution is -2.20. The van der Waals surface area contributed by atoms with Gasteiger partial charge in [0.25, 0.3) is 0 Å². The van der Waals surface area contributed by atoms with Gasteiger partial charge in [-0.2, -0.15) is 26.3 Å². The molecule has 0 radical (unpaired) electrons. The Morgan fingerprint density at radius 1 is 1.03 bits per heavy atom. The summed E-state index contributed by atoms with van der Waals surface area (Å²) in [6.45, 7) is 1.39. The molecule has 2 aromatic rings. The van der Waals surface area contributed by atoms with Gasteiger partial charge in [0.1, 0.15) is 13.7 Å². The highest BCUT2D eigenvalue weighted by Gasteiger charge is 2.37. The molecule has 0 bridgehead atoms. The van der Waals surface area contributed by atoms with Gasteiger partial charge in [0.15, 0.2) is 5.71 Å². The summed E-state index contributed by atoms with van der Waals surface area (Å²) in [4.78, 5) is 21.8. The van der Waals surface area contributed by atoms with E-state index in [-0.39, 0.29) is 23.9 Å². The predicted octanol–water partition coefficient (Wildman–Crippen LogP) is 5.11. The topological polar surface area (TPSA) is 69.5 Å². The highest BCUT2D eigenvalue weighted by atomic mass is 19.4. The molecule has 0 spiro atoms. The predicted molar refractivity (Wildman–Crippen MR) is 106 cm³/mol. The van der Waals surface area contributed by atoms with Gasteiger partial charge in [-0.05, 0) is 24.6 Å². The highest BCUT2D eigenvalue weighted by Crippen LogP contribution is 2.36. The quantitative estimate of drug-likeness (QED) is 0.241. The molecule has 0 amide bonds. The number of hydrogen-bond acceptors (Lipinski definition) is 6. The Hall–Kier alpha value is -3.57. The third-order valence-electron chi connectivity index (χ3n) is 4.39. The van der Waals surface area contributed by atoms with Crippen LogP contribution in [0.2, 0.25) is 0 Å². The summed E-state index contributed by atoms with van der Waals surface area (Å²) >= 11 is 0. The van der Waals surface area contributed by atoms with Gasteiger partial charge < -0.3 is 14.4 Å². The van der Waals surface area contributed by atoms with E-state index in [4.69, 9.17) is 4.84 Å². The number of aryl methyl sites for hydroxylation is 1. The first-order valence-electron chi connectivity index (χ1n) is 9.12. The molecule has 0 saturated heterocycles. The molecule has 178 valence electrons. The fourth-order valence-corrected chi connectivity index (χ4v) is 2.79. The number of benzene rings is 2. The second-order valence-corrected chi connectivity index (χ2v) is 6.52. The molecule has 0 aliphatic heterocycles. The number of carbonyl (C=O) groups is 1. The average Bonchev–Trinajstić information content (AvgIpc) is 2.74. The molecule has 0 aromatic heterocycles. The van der Waals surface area contributed by atoms with Crippen molar-refractivity contribution in [3.8, 4) is 0 Å². The van der Waals surface area contributed by atoms with Crippen molar-refractivity contribution in [2.45, 2.75) is 25.9 Å². The summed E-state index contributed by atoms with van der Waals surface area (Å²) < 4.78 is 82.7. The van der Waals surface area contributed by atoms with Gasteiger partial charge in [-0.3, -0.25) is 0 Å². The first kappa shape index (κ1) is 25.7. The third-order valence-corrected chi connectivity index (χ3v) is 4.39. The summed E-state index contributed by atoms with van der Waals surface area (Å²) in [6.07, 6.45) is -9.32. The van der Waals surface area contributed by atoms with E-state index in [0.29, 0.717) is 29.5 Å². The largest absolute Gasteiger partial charge is 0.464 e. The van der Waals surface area contributed by atoms with E-state index in [1.807, 2.05) is 0 Å². The summed E-state index contributed by atoms with van der Waals surface area (Å²) in [5.41, 5.74) is -2.40. The first-order chi connectivity index (χ1) is 15.4. The Labute approximate surface area is 184 Å². The van der Waals surface area contributed by atoms with Crippen LogP contribution in [0.15, 0.2) is 46.7 Å². The summed E-state index contributed by atoms with van der Waals surface area (Å²) in [5.74, 6) is -0.799. The van der Waals surface area contributed by atoms with Gasteiger partial charge in [-0.15, -0.1) is 0 Å². The zero-order valence-corrected chi connectivity index (χ0v) is 17.5. The minimum absolute atomic E-state index is 0.00461. The molecule has 0 atom stereocenters. The van der Waals surface area contributed by atoms with Gasteiger partial charge in [0.05, 0.1) is 24.5 Å². The summed E-state index contributed by atoms with van der Waals surface area (Å²) in [6, 6.07) is 6.01. The molecule has 2 rings (SSSR count). The molecular weight excluding hydrogens is 458 g/mol. The number of carbonyl (C=O) groups excluding carboxylic acids is 1. The van der Waals surface area contributed by atoms with E-state index >= 15 is 0 Å². The molecular formula is C21H18F6N2O4. The molecule has 0 aliphatic rings. The van der Waals surface area contributed by atoms with Crippen LogP contribution in [0.3, 0.4) is 0 Å². The molecule has 0 heterocycles.